The van der Waals surface area contributed by atoms with Gasteiger partial charge < -0.3 is 0 Å². The molecular formula is C11H23P. The summed E-state index contributed by atoms with van der Waals surface area (Å²) in [6.07, 6.45) is 7.22. The van der Waals surface area contributed by atoms with Crippen molar-refractivity contribution in [3.63, 3.8) is 0 Å². The first kappa shape index (κ1) is 10.5. The lowest BCUT2D eigenvalue weighted by Gasteiger charge is -2.31. The van der Waals surface area contributed by atoms with Gasteiger partial charge in [0.15, 0.2) is 0 Å². The first-order valence-electron chi connectivity index (χ1n) is 5.23. The van der Waals surface area contributed by atoms with Crippen LogP contribution >= 0.6 is 9.24 Å². The molecule has 0 heterocycles. The van der Waals surface area contributed by atoms with Gasteiger partial charge in [0, 0.05) is 0 Å². The van der Waals surface area contributed by atoms with Gasteiger partial charge in [-0.25, -0.2) is 0 Å². The fourth-order valence-corrected chi connectivity index (χ4v) is 2.64. The highest BCUT2D eigenvalue weighted by atomic mass is 31.0. The lowest BCUT2D eigenvalue weighted by molar-refractivity contribution is 0.242. The van der Waals surface area contributed by atoms with E-state index in [1.807, 2.05) is 0 Å². The Bertz CT molecular complexity index is 126. The van der Waals surface area contributed by atoms with Crippen molar-refractivity contribution in [1.29, 1.82) is 0 Å². The minimum Gasteiger partial charge on any atom is -0.134 e. The van der Waals surface area contributed by atoms with Crippen LogP contribution in [0.25, 0.3) is 0 Å². The maximum absolute atomic E-state index is 2.97. The third-order valence-electron chi connectivity index (χ3n) is 2.79. The van der Waals surface area contributed by atoms with Crippen LogP contribution in [0.5, 0.6) is 0 Å². The lowest BCUT2D eigenvalue weighted by atomic mass is 9.77. The normalized spacial score (nSPS) is 32.0. The van der Waals surface area contributed by atoms with E-state index in [0.29, 0.717) is 5.41 Å². The third kappa shape index (κ3) is 3.90. The van der Waals surface area contributed by atoms with Crippen LogP contribution in [0.1, 0.15) is 52.9 Å². The van der Waals surface area contributed by atoms with Crippen LogP contribution in [0.4, 0.5) is 0 Å². The van der Waals surface area contributed by atoms with Crippen LogP contribution < -0.4 is 0 Å². The second-order valence-electron chi connectivity index (χ2n) is 5.55. The Morgan fingerprint density at radius 2 is 1.58 bits per heavy atom. The van der Waals surface area contributed by atoms with Crippen molar-refractivity contribution < 1.29 is 0 Å². The average molecular weight is 186 g/mol. The SMILES string of the molecule is CC(C)(C)CC1CCC(P)CC1. The molecule has 0 aromatic heterocycles. The van der Waals surface area contributed by atoms with Gasteiger partial charge >= 0.3 is 0 Å². The van der Waals surface area contributed by atoms with Gasteiger partial charge in [-0.1, -0.05) is 20.8 Å². The quantitative estimate of drug-likeness (QED) is 0.545. The lowest BCUT2D eigenvalue weighted by Crippen LogP contribution is -2.19. The molecule has 12 heavy (non-hydrogen) atoms. The summed E-state index contributed by atoms with van der Waals surface area (Å²) in [5.41, 5.74) is 1.46. The van der Waals surface area contributed by atoms with Crippen LogP contribution in [0.15, 0.2) is 0 Å². The van der Waals surface area contributed by atoms with Gasteiger partial charge in [0.25, 0.3) is 0 Å². The summed E-state index contributed by atoms with van der Waals surface area (Å²) in [4.78, 5) is 0. The van der Waals surface area contributed by atoms with Crippen LogP contribution in [0.3, 0.4) is 0 Å². The van der Waals surface area contributed by atoms with Crippen LogP contribution in [-0.4, -0.2) is 5.66 Å². The Labute approximate surface area is 79.7 Å². The fourth-order valence-electron chi connectivity index (χ4n) is 2.26. The summed E-state index contributed by atoms with van der Waals surface area (Å²) >= 11 is 0. The highest BCUT2D eigenvalue weighted by Crippen LogP contribution is 2.36. The standard InChI is InChI=1S/C11H23P/c1-11(2,3)8-9-4-6-10(12)7-5-9/h9-10H,4-8,12H2,1-3H3. The van der Waals surface area contributed by atoms with Gasteiger partial charge in [-0.2, -0.15) is 0 Å². The second-order valence-corrected chi connectivity index (χ2v) is 6.49. The fraction of sp³-hybridized carbons (Fsp3) is 1.00. The van der Waals surface area contributed by atoms with E-state index in [2.05, 4.69) is 30.0 Å². The van der Waals surface area contributed by atoms with Crippen molar-refractivity contribution in [1.82, 2.24) is 0 Å². The van der Waals surface area contributed by atoms with E-state index in [1.165, 1.54) is 32.1 Å². The molecule has 1 atom stereocenters. The minimum absolute atomic E-state index is 0.540. The Hall–Kier alpha value is 0.430. The Morgan fingerprint density at radius 1 is 1.08 bits per heavy atom. The predicted octanol–water partition coefficient (Wildman–Crippen LogP) is 3.86. The smallest absolute Gasteiger partial charge is 0.0264 e. The van der Waals surface area contributed by atoms with Gasteiger partial charge in [-0.05, 0) is 49.1 Å². The molecule has 0 aromatic carbocycles. The Balaban J connectivity index is 2.26. The molecule has 0 nitrogen and oxygen atoms in total. The molecule has 1 heteroatoms. The Morgan fingerprint density at radius 3 is 2.00 bits per heavy atom. The van der Waals surface area contributed by atoms with E-state index in [0.717, 1.165) is 11.6 Å². The van der Waals surface area contributed by atoms with Crippen molar-refractivity contribution in [2.45, 2.75) is 58.5 Å². The number of hydrogen-bond donors (Lipinski definition) is 0. The van der Waals surface area contributed by atoms with Crippen molar-refractivity contribution in [2.75, 3.05) is 0 Å². The Kier molecular flexibility index (Phi) is 3.58. The van der Waals surface area contributed by atoms with Gasteiger partial charge in [-0.15, -0.1) is 9.24 Å². The van der Waals surface area contributed by atoms with Crippen LogP contribution in [0, 0.1) is 11.3 Å². The number of hydrogen-bond acceptors (Lipinski definition) is 0. The van der Waals surface area contributed by atoms with Gasteiger partial charge in [0.1, 0.15) is 0 Å². The second kappa shape index (κ2) is 4.09. The molecular weight excluding hydrogens is 163 g/mol. The molecule has 0 bridgehead atoms. The zero-order valence-electron chi connectivity index (χ0n) is 8.77. The molecule has 1 rings (SSSR count). The van der Waals surface area contributed by atoms with Gasteiger partial charge in [0.2, 0.25) is 0 Å². The molecule has 0 spiro atoms. The molecule has 72 valence electrons. The van der Waals surface area contributed by atoms with Crippen molar-refractivity contribution in [3.8, 4) is 0 Å². The van der Waals surface area contributed by atoms with Crippen molar-refractivity contribution in [2.24, 2.45) is 11.3 Å². The summed E-state index contributed by atoms with van der Waals surface area (Å²) in [5, 5.41) is 0. The van der Waals surface area contributed by atoms with E-state index < -0.39 is 0 Å². The molecule has 1 unspecified atom stereocenters. The van der Waals surface area contributed by atoms with Crippen molar-refractivity contribution >= 4 is 9.24 Å². The first-order valence-corrected chi connectivity index (χ1v) is 5.89. The summed E-state index contributed by atoms with van der Waals surface area (Å²) < 4.78 is 0. The topological polar surface area (TPSA) is 0 Å². The summed E-state index contributed by atoms with van der Waals surface area (Å²) in [6.45, 7) is 7.08. The monoisotopic (exact) mass is 186 g/mol. The molecule has 0 saturated heterocycles. The largest absolute Gasteiger partial charge is 0.134 e. The molecule has 1 fully saturated rings. The van der Waals surface area contributed by atoms with Gasteiger partial charge in [-0.3, -0.25) is 0 Å². The number of rotatable bonds is 1. The van der Waals surface area contributed by atoms with Gasteiger partial charge in [0.05, 0.1) is 0 Å². The molecule has 1 aliphatic rings. The maximum atomic E-state index is 2.97. The predicted molar refractivity (Wildman–Crippen MR) is 59.5 cm³/mol. The van der Waals surface area contributed by atoms with Crippen LogP contribution in [0.2, 0.25) is 0 Å². The minimum atomic E-state index is 0.540. The van der Waals surface area contributed by atoms with Crippen molar-refractivity contribution in [3.05, 3.63) is 0 Å². The summed E-state index contributed by atoms with van der Waals surface area (Å²) in [6, 6.07) is 0. The molecule has 0 radical (unpaired) electrons. The first-order chi connectivity index (χ1) is 5.47. The molecule has 0 aliphatic heterocycles. The molecule has 0 aromatic rings. The maximum Gasteiger partial charge on any atom is -0.0264 e. The zero-order valence-corrected chi connectivity index (χ0v) is 9.92. The summed E-state index contributed by atoms with van der Waals surface area (Å²) in [7, 11) is 2.97. The third-order valence-corrected chi connectivity index (χ3v) is 3.46. The van der Waals surface area contributed by atoms with Crippen LogP contribution in [-0.2, 0) is 0 Å². The van der Waals surface area contributed by atoms with E-state index >= 15 is 0 Å². The molecule has 0 amide bonds. The zero-order chi connectivity index (χ0) is 9.19. The summed E-state index contributed by atoms with van der Waals surface area (Å²) in [5.74, 6) is 1.02. The highest BCUT2D eigenvalue weighted by molar-refractivity contribution is 7.17. The highest BCUT2D eigenvalue weighted by Gasteiger charge is 2.22. The van der Waals surface area contributed by atoms with E-state index in [1.54, 1.807) is 0 Å². The van der Waals surface area contributed by atoms with E-state index in [9.17, 15) is 0 Å². The molecule has 1 aliphatic carbocycles. The average Bonchev–Trinajstić information content (AvgIpc) is 1.91. The van der Waals surface area contributed by atoms with E-state index in [4.69, 9.17) is 0 Å². The molecule has 0 N–H and O–H groups in total. The van der Waals surface area contributed by atoms with E-state index in [-0.39, 0.29) is 0 Å². The molecule has 1 saturated carbocycles.